The lowest BCUT2D eigenvalue weighted by atomic mass is 10.2. The van der Waals surface area contributed by atoms with E-state index < -0.39 is 0 Å². The van der Waals surface area contributed by atoms with Crippen LogP contribution in [0.1, 0.15) is 5.56 Å². The van der Waals surface area contributed by atoms with Gasteiger partial charge in [0.05, 0.1) is 6.61 Å². The Morgan fingerprint density at radius 3 is 2.81 bits per heavy atom. The van der Waals surface area contributed by atoms with E-state index >= 15 is 0 Å². The lowest BCUT2D eigenvalue weighted by Crippen LogP contribution is -1.96. The highest BCUT2D eigenvalue weighted by Gasteiger charge is 2.00. The Kier molecular flexibility index (Phi) is 3.96. The number of rotatable bonds is 5. The molecule has 0 aliphatic heterocycles. The molecular weight excluding hydrogens is 222 g/mol. The zero-order valence-corrected chi connectivity index (χ0v) is 9.85. The quantitative estimate of drug-likeness (QED) is 0.452. The number of thioether (sulfide) groups is 1. The molecule has 2 aromatic rings. The summed E-state index contributed by atoms with van der Waals surface area (Å²) in [5.41, 5.74) is 1.18. The molecule has 84 valence electrons. The maximum Gasteiger partial charge on any atom is 0.188 e. The molecule has 1 heterocycles. The largest absolute Gasteiger partial charge is 0.366 e. The second kappa shape index (κ2) is 5.67. The number of ether oxygens (including phenoxy) is 1. The van der Waals surface area contributed by atoms with Crippen LogP contribution in [0.4, 0.5) is 0 Å². The fourth-order valence-electron chi connectivity index (χ4n) is 1.24. The zero-order valence-electron chi connectivity index (χ0n) is 9.04. The summed E-state index contributed by atoms with van der Waals surface area (Å²) in [6.07, 6.45) is 1.54. The average molecular weight is 235 g/mol. The van der Waals surface area contributed by atoms with Crippen LogP contribution in [0.15, 0.2) is 41.8 Å². The highest BCUT2D eigenvalue weighted by molar-refractivity contribution is 7.99. The second-order valence-electron chi connectivity index (χ2n) is 3.26. The lowest BCUT2D eigenvalue weighted by Gasteiger charge is -2.03. The fourth-order valence-corrected chi connectivity index (χ4v) is 1.87. The summed E-state index contributed by atoms with van der Waals surface area (Å²) in [7, 11) is 1.87. The third kappa shape index (κ3) is 3.08. The van der Waals surface area contributed by atoms with Gasteiger partial charge in [-0.15, -0.1) is 0 Å². The van der Waals surface area contributed by atoms with Crippen LogP contribution in [0.2, 0.25) is 0 Å². The molecule has 1 aromatic heterocycles. The van der Waals surface area contributed by atoms with Gasteiger partial charge in [-0.3, -0.25) is 0 Å². The third-order valence-electron chi connectivity index (χ3n) is 2.05. The molecule has 1 aromatic carbocycles. The minimum Gasteiger partial charge on any atom is -0.366 e. The van der Waals surface area contributed by atoms with Gasteiger partial charge in [0.2, 0.25) is 0 Å². The average Bonchev–Trinajstić information content (AvgIpc) is 2.72. The summed E-state index contributed by atoms with van der Waals surface area (Å²) in [5, 5.41) is 4.85. The normalized spacial score (nSPS) is 10.6. The first-order valence-corrected chi connectivity index (χ1v) is 5.93. The molecule has 0 aliphatic rings. The van der Waals surface area contributed by atoms with Crippen molar-refractivity contribution in [3.05, 3.63) is 42.2 Å². The monoisotopic (exact) mass is 235 g/mol. The van der Waals surface area contributed by atoms with Gasteiger partial charge in [-0.25, -0.2) is 9.67 Å². The third-order valence-corrected chi connectivity index (χ3v) is 2.97. The van der Waals surface area contributed by atoms with Gasteiger partial charge in [-0.2, -0.15) is 5.10 Å². The highest BCUT2D eigenvalue weighted by Crippen LogP contribution is 2.13. The fraction of sp³-hybridized carbons (Fsp3) is 0.273. The molecule has 4 nitrogen and oxygen atoms in total. The number of hydrogen-bond donors (Lipinski definition) is 0. The Balaban J connectivity index is 1.72. The first kappa shape index (κ1) is 11.2. The molecule has 0 atom stereocenters. The number of benzene rings is 1. The smallest absolute Gasteiger partial charge is 0.188 e. The van der Waals surface area contributed by atoms with Crippen LogP contribution in [-0.2, 0) is 18.4 Å². The standard InChI is InChI=1S/C11H13N3OS/c1-14-11(12-8-13-14)16-9-15-7-10-5-3-2-4-6-10/h2-6,8H,7,9H2,1H3. The summed E-state index contributed by atoms with van der Waals surface area (Å²) in [6.45, 7) is 0.631. The Hall–Kier alpha value is -1.33. The van der Waals surface area contributed by atoms with Crippen molar-refractivity contribution in [2.24, 2.45) is 7.05 Å². The van der Waals surface area contributed by atoms with E-state index in [1.54, 1.807) is 22.8 Å². The van der Waals surface area contributed by atoms with Crippen LogP contribution in [-0.4, -0.2) is 20.7 Å². The zero-order chi connectivity index (χ0) is 11.2. The molecule has 0 saturated heterocycles. The maximum absolute atomic E-state index is 5.53. The summed E-state index contributed by atoms with van der Waals surface area (Å²) in [4.78, 5) is 4.10. The molecule has 0 saturated carbocycles. The van der Waals surface area contributed by atoms with Crippen LogP contribution in [0.25, 0.3) is 0 Å². The molecule has 16 heavy (non-hydrogen) atoms. The van der Waals surface area contributed by atoms with Crippen LogP contribution < -0.4 is 0 Å². The first-order valence-electron chi connectivity index (χ1n) is 4.95. The molecular formula is C11H13N3OS. The van der Waals surface area contributed by atoms with Gasteiger partial charge in [-0.05, 0) is 5.56 Å². The SMILES string of the molecule is Cn1ncnc1SCOCc1ccccc1. The van der Waals surface area contributed by atoms with E-state index in [1.807, 2.05) is 37.4 Å². The van der Waals surface area contributed by atoms with E-state index in [-0.39, 0.29) is 0 Å². The maximum atomic E-state index is 5.53. The highest BCUT2D eigenvalue weighted by atomic mass is 32.2. The van der Waals surface area contributed by atoms with Crippen LogP contribution >= 0.6 is 11.8 Å². The van der Waals surface area contributed by atoms with E-state index in [4.69, 9.17) is 4.74 Å². The van der Waals surface area contributed by atoms with E-state index in [0.717, 1.165) is 5.16 Å². The number of hydrogen-bond acceptors (Lipinski definition) is 4. The molecule has 0 unspecified atom stereocenters. The Labute approximate surface area is 98.6 Å². The van der Waals surface area contributed by atoms with E-state index in [0.29, 0.717) is 12.5 Å². The number of aryl methyl sites for hydroxylation is 1. The molecule has 0 bridgehead atoms. The number of aromatic nitrogens is 3. The molecule has 2 rings (SSSR count). The molecule has 0 N–H and O–H groups in total. The van der Waals surface area contributed by atoms with Gasteiger partial charge >= 0.3 is 0 Å². The van der Waals surface area contributed by atoms with E-state index in [2.05, 4.69) is 10.1 Å². The van der Waals surface area contributed by atoms with Gasteiger partial charge in [-0.1, -0.05) is 42.1 Å². The minimum absolute atomic E-state index is 0.585. The van der Waals surface area contributed by atoms with Crippen molar-refractivity contribution < 1.29 is 4.74 Å². The summed E-state index contributed by atoms with van der Waals surface area (Å²) < 4.78 is 7.26. The van der Waals surface area contributed by atoms with Crippen LogP contribution in [0.3, 0.4) is 0 Å². The second-order valence-corrected chi connectivity index (χ2v) is 4.15. The van der Waals surface area contributed by atoms with Crippen LogP contribution in [0.5, 0.6) is 0 Å². The molecule has 0 fully saturated rings. The summed E-state index contributed by atoms with van der Waals surface area (Å²) in [6, 6.07) is 10.1. The topological polar surface area (TPSA) is 39.9 Å². The molecule has 0 aliphatic carbocycles. The van der Waals surface area contributed by atoms with Crippen molar-refractivity contribution in [3.63, 3.8) is 0 Å². The minimum atomic E-state index is 0.585. The Morgan fingerprint density at radius 1 is 1.31 bits per heavy atom. The number of nitrogens with zero attached hydrogens (tertiary/aromatic N) is 3. The van der Waals surface area contributed by atoms with Crippen molar-refractivity contribution >= 4 is 11.8 Å². The molecule has 0 radical (unpaired) electrons. The van der Waals surface area contributed by atoms with Crippen LogP contribution in [0, 0.1) is 0 Å². The van der Waals surface area contributed by atoms with E-state index in [1.165, 1.54) is 5.56 Å². The van der Waals surface area contributed by atoms with Crippen molar-refractivity contribution in [1.29, 1.82) is 0 Å². The summed E-state index contributed by atoms with van der Waals surface area (Å²) >= 11 is 1.54. The first-order chi connectivity index (χ1) is 7.86. The van der Waals surface area contributed by atoms with Gasteiger partial charge in [0, 0.05) is 7.05 Å². The van der Waals surface area contributed by atoms with E-state index in [9.17, 15) is 0 Å². The molecule has 5 heteroatoms. The van der Waals surface area contributed by atoms with Crippen molar-refractivity contribution in [2.75, 3.05) is 5.94 Å². The Morgan fingerprint density at radius 2 is 2.12 bits per heavy atom. The van der Waals surface area contributed by atoms with Gasteiger partial charge in [0.15, 0.2) is 5.16 Å². The molecule has 0 spiro atoms. The lowest BCUT2D eigenvalue weighted by molar-refractivity contribution is 0.169. The van der Waals surface area contributed by atoms with Crippen molar-refractivity contribution in [1.82, 2.24) is 14.8 Å². The Bertz CT molecular complexity index is 430. The van der Waals surface area contributed by atoms with Crippen molar-refractivity contribution in [3.8, 4) is 0 Å². The summed E-state index contributed by atoms with van der Waals surface area (Å²) in [5.74, 6) is 0.585. The predicted molar refractivity (Wildman–Crippen MR) is 63.0 cm³/mol. The van der Waals surface area contributed by atoms with Gasteiger partial charge in [0.25, 0.3) is 0 Å². The van der Waals surface area contributed by atoms with Gasteiger partial charge < -0.3 is 4.74 Å². The van der Waals surface area contributed by atoms with Gasteiger partial charge in [0.1, 0.15) is 12.3 Å². The molecule has 0 amide bonds. The predicted octanol–water partition coefficient (Wildman–Crippen LogP) is 2.08. The van der Waals surface area contributed by atoms with Crippen molar-refractivity contribution in [2.45, 2.75) is 11.8 Å².